The first-order valence-electron chi connectivity index (χ1n) is 9.10. The number of benzene rings is 2. The highest BCUT2D eigenvalue weighted by atomic mass is 16.5. The van der Waals surface area contributed by atoms with E-state index in [2.05, 4.69) is 10.6 Å². The number of ether oxygens (including phenoxy) is 2. The summed E-state index contributed by atoms with van der Waals surface area (Å²) in [6, 6.07) is 14.3. The fourth-order valence-electron chi connectivity index (χ4n) is 2.88. The lowest BCUT2D eigenvalue weighted by atomic mass is 10.2. The molecular formula is C21H24N2O4. The first-order chi connectivity index (χ1) is 13.1. The molecule has 1 unspecified atom stereocenters. The summed E-state index contributed by atoms with van der Waals surface area (Å²) in [5.74, 6) is 0.283. The number of aryl methyl sites for hydroxylation is 1. The summed E-state index contributed by atoms with van der Waals surface area (Å²) >= 11 is 0. The molecule has 1 atom stereocenters. The van der Waals surface area contributed by atoms with Crippen molar-refractivity contribution in [3.8, 4) is 5.75 Å². The summed E-state index contributed by atoms with van der Waals surface area (Å²) in [4.78, 5) is 24.2. The number of amides is 2. The topological polar surface area (TPSA) is 76.7 Å². The van der Waals surface area contributed by atoms with E-state index in [1.165, 1.54) is 0 Å². The average molecular weight is 368 g/mol. The molecule has 0 spiro atoms. The van der Waals surface area contributed by atoms with Crippen molar-refractivity contribution in [3.05, 3.63) is 59.7 Å². The second-order valence-electron chi connectivity index (χ2n) is 6.52. The van der Waals surface area contributed by atoms with Gasteiger partial charge in [0.2, 0.25) is 0 Å². The third-order valence-corrected chi connectivity index (χ3v) is 4.40. The lowest BCUT2D eigenvalue weighted by molar-refractivity contribution is -0.118. The quantitative estimate of drug-likeness (QED) is 0.788. The highest BCUT2D eigenvalue weighted by Crippen LogP contribution is 2.16. The van der Waals surface area contributed by atoms with Crippen molar-refractivity contribution < 1.29 is 19.1 Å². The maximum absolute atomic E-state index is 12.2. The fraction of sp³-hybridized carbons (Fsp3) is 0.333. The Kier molecular flexibility index (Phi) is 6.44. The predicted octanol–water partition coefficient (Wildman–Crippen LogP) is 2.92. The molecule has 0 aliphatic carbocycles. The van der Waals surface area contributed by atoms with Gasteiger partial charge in [0.1, 0.15) is 5.75 Å². The number of nitrogens with one attached hydrogen (secondary N) is 2. The van der Waals surface area contributed by atoms with E-state index >= 15 is 0 Å². The molecule has 1 aliphatic heterocycles. The zero-order valence-electron chi connectivity index (χ0n) is 15.4. The highest BCUT2D eigenvalue weighted by Gasteiger charge is 2.16. The lowest BCUT2D eigenvalue weighted by Crippen LogP contribution is -2.31. The van der Waals surface area contributed by atoms with E-state index in [0.717, 1.165) is 25.0 Å². The molecule has 0 saturated carbocycles. The van der Waals surface area contributed by atoms with Crippen molar-refractivity contribution in [1.82, 2.24) is 5.32 Å². The van der Waals surface area contributed by atoms with Crippen LogP contribution in [0.15, 0.2) is 48.5 Å². The molecule has 2 N–H and O–H groups in total. The van der Waals surface area contributed by atoms with Crippen LogP contribution in [0, 0.1) is 6.92 Å². The Hall–Kier alpha value is -2.86. The molecule has 142 valence electrons. The van der Waals surface area contributed by atoms with Gasteiger partial charge in [-0.3, -0.25) is 9.59 Å². The van der Waals surface area contributed by atoms with Gasteiger partial charge in [0.05, 0.1) is 6.10 Å². The Labute approximate surface area is 158 Å². The van der Waals surface area contributed by atoms with Crippen LogP contribution in [0.4, 0.5) is 5.69 Å². The molecule has 6 heteroatoms. The molecule has 3 rings (SSSR count). The minimum Gasteiger partial charge on any atom is -0.483 e. The minimum absolute atomic E-state index is 0.0749. The van der Waals surface area contributed by atoms with Crippen molar-refractivity contribution in [2.75, 3.05) is 25.1 Å². The van der Waals surface area contributed by atoms with Gasteiger partial charge in [-0.1, -0.05) is 18.2 Å². The van der Waals surface area contributed by atoms with Gasteiger partial charge in [0.25, 0.3) is 11.8 Å². The Morgan fingerprint density at radius 1 is 1.15 bits per heavy atom. The standard InChI is InChI=1S/C21H24N2O4/c1-15-5-2-3-7-19(15)27-14-20(24)23-17-10-8-16(9-11-17)21(25)22-13-18-6-4-12-26-18/h2-3,5,7-11,18H,4,6,12-14H2,1H3,(H,22,25)(H,23,24). The Balaban J connectivity index is 1.45. The first kappa shape index (κ1) is 18.9. The van der Waals surface area contributed by atoms with Crippen LogP contribution in [0.2, 0.25) is 0 Å². The van der Waals surface area contributed by atoms with Crippen molar-refractivity contribution in [2.24, 2.45) is 0 Å². The van der Waals surface area contributed by atoms with E-state index in [-0.39, 0.29) is 24.5 Å². The monoisotopic (exact) mass is 368 g/mol. The van der Waals surface area contributed by atoms with Crippen LogP contribution in [0.3, 0.4) is 0 Å². The van der Waals surface area contributed by atoms with Crippen molar-refractivity contribution in [1.29, 1.82) is 0 Å². The number of carbonyl (C=O) groups is 2. The van der Waals surface area contributed by atoms with Crippen LogP contribution in [-0.4, -0.2) is 37.7 Å². The van der Waals surface area contributed by atoms with Crippen molar-refractivity contribution >= 4 is 17.5 Å². The summed E-state index contributed by atoms with van der Waals surface area (Å²) in [5.41, 5.74) is 2.13. The van der Waals surface area contributed by atoms with E-state index < -0.39 is 0 Å². The smallest absolute Gasteiger partial charge is 0.262 e. The van der Waals surface area contributed by atoms with E-state index in [4.69, 9.17) is 9.47 Å². The molecule has 0 radical (unpaired) electrons. The molecule has 0 bridgehead atoms. The Bertz CT molecular complexity index is 783. The van der Waals surface area contributed by atoms with Crippen LogP contribution in [0.25, 0.3) is 0 Å². The number of carbonyl (C=O) groups excluding carboxylic acids is 2. The van der Waals surface area contributed by atoms with Gasteiger partial charge < -0.3 is 20.1 Å². The van der Waals surface area contributed by atoms with E-state index in [0.29, 0.717) is 23.5 Å². The summed E-state index contributed by atoms with van der Waals surface area (Å²) in [7, 11) is 0. The molecule has 2 amide bonds. The zero-order valence-corrected chi connectivity index (χ0v) is 15.4. The normalized spacial score (nSPS) is 16.0. The SMILES string of the molecule is Cc1ccccc1OCC(=O)Nc1ccc(C(=O)NCC2CCCO2)cc1. The highest BCUT2D eigenvalue weighted by molar-refractivity contribution is 5.96. The maximum Gasteiger partial charge on any atom is 0.262 e. The van der Waals surface area contributed by atoms with Crippen molar-refractivity contribution in [3.63, 3.8) is 0 Å². The minimum atomic E-state index is -0.256. The van der Waals surface area contributed by atoms with Gasteiger partial charge in [-0.25, -0.2) is 0 Å². The number of rotatable bonds is 7. The van der Waals surface area contributed by atoms with Crippen LogP contribution in [-0.2, 0) is 9.53 Å². The van der Waals surface area contributed by atoms with Crippen LogP contribution in [0.5, 0.6) is 5.75 Å². The van der Waals surface area contributed by atoms with E-state index in [9.17, 15) is 9.59 Å². The average Bonchev–Trinajstić information content (AvgIpc) is 3.20. The van der Waals surface area contributed by atoms with E-state index in [1.54, 1.807) is 24.3 Å². The molecule has 2 aromatic carbocycles. The van der Waals surface area contributed by atoms with Crippen molar-refractivity contribution in [2.45, 2.75) is 25.9 Å². The van der Waals surface area contributed by atoms with Gasteiger partial charge in [0, 0.05) is 24.4 Å². The molecule has 1 fully saturated rings. The summed E-state index contributed by atoms with van der Waals surface area (Å²) in [6.07, 6.45) is 2.14. The number of anilines is 1. The molecule has 1 aliphatic rings. The lowest BCUT2D eigenvalue weighted by Gasteiger charge is -2.11. The Morgan fingerprint density at radius 3 is 2.63 bits per heavy atom. The van der Waals surface area contributed by atoms with Crippen LogP contribution < -0.4 is 15.4 Å². The van der Waals surface area contributed by atoms with Gasteiger partial charge in [-0.2, -0.15) is 0 Å². The van der Waals surface area contributed by atoms with Gasteiger partial charge in [-0.15, -0.1) is 0 Å². The molecule has 27 heavy (non-hydrogen) atoms. The van der Waals surface area contributed by atoms with Gasteiger partial charge in [-0.05, 0) is 55.7 Å². The number of hydrogen-bond acceptors (Lipinski definition) is 4. The van der Waals surface area contributed by atoms with Gasteiger partial charge in [0.15, 0.2) is 6.61 Å². The van der Waals surface area contributed by atoms with Gasteiger partial charge >= 0.3 is 0 Å². The third kappa shape index (κ3) is 5.56. The maximum atomic E-state index is 12.2. The summed E-state index contributed by atoms with van der Waals surface area (Å²) in [6.45, 7) is 3.14. The number of para-hydroxylation sites is 1. The first-order valence-corrected chi connectivity index (χ1v) is 9.10. The fourth-order valence-corrected chi connectivity index (χ4v) is 2.88. The third-order valence-electron chi connectivity index (χ3n) is 4.40. The molecule has 0 aromatic heterocycles. The van der Waals surface area contributed by atoms with E-state index in [1.807, 2.05) is 31.2 Å². The zero-order chi connectivity index (χ0) is 19.1. The Morgan fingerprint density at radius 2 is 1.93 bits per heavy atom. The molecule has 2 aromatic rings. The predicted molar refractivity (Wildman–Crippen MR) is 103 cm³/mol. The second-order valence-corrected chi connectivity index (χ2v) is 6.52. The number of hydrogen-bond donors (Lipinski definition) is 2. The molecule has 1 saturated heterocycles. The van der Waals surface area contributed by atoms with Crippen LogP contribution in [0.1, 0.15) is 28.8 Å². The second kappa shape index (κ2) is 9.19. The largest absolute Gasteiger partial charge is 0.483 e. The van der Waals surface area contributed by atoms with Crippen LogP contribution >= 0.6 is 0 Å². The molecule has 1 heterocycles. The molecular weight excluding hydrogens is 344 g/mol. The molecule has 6 nitrogen and oxygen atoms in total. The summed E-state index contributed by atoms with van der Waals surface area (Å²) < 4.78 is 11.0. The summed E-state index contributed by atoms with van der Waals surface area (Å²) in [5, 5.41) is 5.63.